The molecule has 170 valence electrons. The van der Waals surface area contributed by atoms with Crippen LogP contribution in [0.4, 0.5) is 0 Å². The van der Waals surface area contributed by atoms with Crippen LogP contribution in [0.1, 0.15) is 50.5 Å². The van der Waals surface area contributed by atoms with Gasteiger partial charge in [-0.15, -0.1) is 0 Å². The Labute approximate surface area is 200 Å². The van der Waals surface area contributed by atoms with Gasteiger partial charge in [-0.25, -0.2) is 0 Å². The molecule has 0 spiro atoms. The van der Waals surface area contributed by atoms with Crippen molar-refractivity contribution >= 4 is 17.5 Å². The smallest absolute Gasteiger partial charge is 0.251 e. The van der Waals surface area contributed by atoms with E-state index in [1.165, 1.54) is 16.7 Å². The minimum atomic E-state index is -0.0117. The number of carbonyl (C=O) groups excluding carboxylic acids is 1. The zero-order valence-corrected chi connectivity index (χ0v) is 19.6. The first-order valence-corrected chi connectivity index (χ1v) is 12.1. The fourth-order valence-corrected chi connectivity index (χ4v) is 5.74. The lowest BCUT2D eigenvalue weighted by Gasteiger charge is -2.38. The number of aromatic hydroxyl groups is 1. The molecule has 3 aromatic carbocycles. The average Bonchev–Trinajstić information content (AvgIpc) is 2.96. The van der Waals surface area contributed by atoms with Crippen molar-refractivity contribution in [2.45, 2.75) is 37.6 Å². The average molecular weight is 461 g/mol. The number of carbonyl (C=O) groups is 1. The summed E-state index contributed by atoms with van der Waals surface area (Å²) in [6.45, 7) is 1.56. The third kappa shape index (κ3) is 4.25. The Kier molecular flexibility index (Phi) is 6.13. The summed E-state index contributed by atoms with van der Waals surface area (Å²) in [4.78, 5) is 15.6. The normalized spacial score (nSPS) is 19.7. The Morgan fingerprint density at radius 3 is 2.73 bits per heavy atom. The van der Waals surface area contributed by atoms with E-state index < -0.39 is 0 Å². The molecule has 0 bridgehead atoms. The molecule has 4 nitrogen and oxygen atoms in total. The van der Waals surface area contributed by atoms with Crippen LogP contribution in [0.25, 0.3) is 0 Å². The molecule has 0 aromatic heterocycles. The SMILES string of the molecule is CN1CCc2cc(Cl)c(O)cc2[C@H]2c3cccc(C(=O)NCCc4ccccc4)c3CC[C@@H]21. The molecule has 5 heteroatoms. The first kappa shape index (κ1) is 22.0. The minimum Gasteiger partial charge on any atom is -0.506 e. The monoisotopic (exact) mass is 460 g/mol. The highest BCUT2D eigenvalue weighted by molar-refractivity contribution is 6.32. The van der Waals surface area contributed by atoms with Gasteiger partial charge in [0.15, 0.2) is 0 Å². The van der Waals surface area contributed by atoms with Gasteiger partial charge in [-0.2, -0.15) is 0 Å². The second-order valence-corrected chi connectivity index (χ2v) is 9.59. The number of likely N-dealkylation sites (N-methyl/N-ethyl adjacent to an activating group) is 1. The van der Waals surface area contributed by atoms with E-state index >= 15 is 0 Å². The van der Waals surface area contributed by atoms with E-state index in [0.29, 0.717) is 17.6 Å². The van der Waals surface area contributed by atoms with Gasteiger partial charge in [0, 0.05) is 30.6 Å². The molecular weight excluding hydrogens is 432 g/mol. The third-order valence-corrected chi connectivity index (χ3v) is 7.56. The standard InChI is InChI=1S/C28H29ClN2O2/c1-31-15-13-19-16-24(29)26(32)17-23(19)27-21-8-5-9-22(20(21)10-11-25(27)31)28(33)30-14-12-18-6-3-2-4-7-18/h2-9,16-17,25,27,32H,10-15H2,1H3,(H,30,33)/t25-,27+/m0/s1. The molecule has 1 aliphatic carbocycles. The molecule has 33 heavy (non-hydrogen) atoms. The van der Waals surface area contributed by atoms with Crippen molar-refractivity contribution in [2.24, 2.45) is 0 Å². The van der Waals surface area contributed by atoms with Crippen LogP contribution in [-0.2, 0) is 19.3 Å². The van der Waals surface area contributed by atoms with Crippen molar-refractivity contribution in [3.63, 3.8) is 0 Å². The molecule has 0 radical (unpaired) electrons. The number of amides is 1. The molecule has 2 N–H and O–H groups in total. The van der Waals surface area contributed by atoms with E-state index in [-0.39, 0.29) is 17.6 Å². The van der Waals surface area contributed by atoms with E-state index in [1.807, 2.05) is 42.5 Å². The van der Waals surface area contributed by atoms with E-state index in [4.69, 9.17) is 11.6 Å². The summed E-state index contributed by atoms with van der Waals surface area (Å²) in [6.07, 6.45) is 3.56. The van der Waals surface area contributed by atoms with E-state index in [2.05, 4.69) is 35.5 Å². The second-order valence-electron chi connectivity index (χ2n) is 9.18. The maximum absolute atomic E-state index is 13.2. The van der Waals surface area contributed by atoms with Gasteiger partial charge in [0.2, 0.25) is 0 Å². The topological polar surface area (TPSA) is 52.6 Å². The maximum atomic E-state index is 13.2. The summed E-state index contributed by atoms with van der Waals surface area (Å²) >= 11 is 6.25. The number of nitrogens with zero attached hydrogens (tertiary/aromatic N) is 1. The number of phenols is 1. The van der Waals surface area contributed by atoms with Gasteiger partial charge in [-0.1, -0.05) is 54.1 Å². The highest BCUT2D eigenvalue weighted by Crippen LogP contribution is 2.45. The molecule has 0 unspecified atom stereocenters. The Bertz CT molecular complexity index is 1180. The largest absolute Gasteiger partial charge is 0.506 e. The van der Waals surface area contributed by atoms with E-state index in [9.17, 15) is 9.90 Å². The predicted octanol–water partition coefficient (Wildman–Crippen LogP) is 4.95. The molecule has 0 fully saturated rings. The quantitative estimate of drug-likeness (QED) is 0.579. The van der Waals surface area contributed by atoms with Gasteiger partial charge in [0.05, 0.1) is 5.02 Å². The van der Waals surface area contributed by atoms with Crippen LogP contribution in [-0.4, -0.2) is 42.1 Å². The Hall–Kier alpha value is -2.82. The van der Waals surface area contributed by atoms with Crippen molar-refractivity contribution in [1.29, 1.82) is 0 Å². The molecule has 5 rings (SSSR count). The summed E-state index contributed by atoms with van der Waals surface area (Å²) in [5.41, 5.74) is 6.62. The molecule has 2 aliphatic rings. The number of nitrogens with one attached hydrogen (secondary N) is 1. The highest BCUT2D eigenvalue weighted by Gasteiger charge is 2.38. The lowest BCUT2D eigenvalue weighted by molar-refractivity contribution is 0.0952. The molecule has 0 saturated carbocycles. The lowest BCUT2D eigenvalue weighted by Crippen LogP contribution is -2.40. The fourth-order valence-electron chi connectivity index (χ4n) is 5.55. The number of phenolic OH excluding ortho intramolecular Hbond substituents is 1. The van der Waals surface area contributed by atoms with Gasteiger partial charge < -0.3 is 15.3 Å². The van der Waals surface area contributed by atoms with Crippen molar-refractivity contribution in [3.8, 4) is 5.75 Å². The Morgan fingerprint density at radius 1 is 1.09 bits per heavy atom. The van der Waals surface area contributed by atoms with Crippen LogP contribution in [0.15, 0.2) is 60.7 Å². The molecule has 3 aromatic rings. The fraction of sp³-hybridized carbons (Fsp3) is 0.321. The van der Waals surface area contributed by atoms with Crippen LogP contribution >= 0.6 is 11.6 Å². The summed E-state index contributed by atoms with van der Waals surface area (Å²) < 4.78 is 0. The second kappa shape index (κ2) is 9.20. The molecule has 1 amide bonds. The zero-order chi connectivity index (χ0) is 22.9. The van der Waals surface area contributed by atoms with Crippen LogP contribution in [0, 0.1) is 0 Å². The number of hydrogen-bond donors (Lipinski definition) is 2. The molecule has 2 atom stereocenters. The molecular formula is C28H29ClN2O2. The summed E-state index contributed by atoms with van der Waals surface area (Å²) in [5, 5.41) is 13.9. The first-order chi connectivity index (χ1) is 16.0. The summed E-state index contributed by atoms with van der Waals surface area (Å²) in [5.74, 6) is 0.222. The molecule has 0 saturated heterocycles. The van der Waals surface area contributed by atoms with Crippen LogP contribution in [0.5, 0.6) is 5.75 Å². The van der Waals surface area contributed by atoms with Crippen LogP contribution < -0.4 is 5.32 Å². The lowest BCUT2D eigenvalue weighted by atomic mass is 9.73. The van der Waals surface area contributed by atoms with Crippen LogP contribution in [0.3, 0.4) is 0 Å². The Morgan fingerprint density at radius 2 is 1.91 bits per heavy atom. The zero-order valence-electron chi connectivity index (χ0n) is 18.9. The number of rotatable bonds is 4. The first-order valence-electron chi connectivity index (χ1n) is 11.7. The minimum absolute atomic E-state index is 0.0117. The van der Waals surface area contributed by atoms with Gasteiger partial charge in [0.1, 0.15) is 5.75 Å². The van der Waals surface area contributed by atoms with Crippen molar-refractivity contribution in [2.75, 3.05) is 20.1 Å². The predicted molar refractivity (Wildman–Crippen MR) is 132 cm³/mol. The van der Waals surface area contributed by atoms with Gasteiger partial charge in [0.25, 0.3) is 5.91 Å². The number of hydrogen-bond acceptors (Lipinski definition) is 3. The highest BCUT2D eigenvalue weighted by atomic mass is 35.5. The molecule has 1 aliphatic heterocycles. The summed E-state index contributed by atoms with van der Waals surface area (Å²) in [6, 6.07) is 20.4. The number of fused-ring (bicyclic) bond motifs is 5. The van der Waals surface area contributed by atoms with Gasteiger partial charge in [-0.05, 0) is 78.7 Å². The van der Waals surface area contributed by atoms with Crippen molar-refractivity contribution in [3.05, 3.63) is 99.1 Å². The van der Waals surface area contributed by atoms with Gasteiger partial charge >= 0.3 is 0 Å². The van der Waals surface area contributed by atoms with Gasteiger partial charge in [-0.3, -0.25) is 4.79 Å². The van der Waals surface area contributed by atoms with E-state index in [0.717, 1.165) is 48.9 Å². The maximum Gasteiger partial charge on any atom is 0.251 e. The third-order valence-electron chi connectivity index (χ3n) is 7.25. The Balaban J connectivity index is 1.46. The van der Waals surface area contributed by atoms with E-state index in [1.54, 1.807) is 0 Å². The summed E-state index contributed by atoms with van der Waals surface area (Å²) in [7, 11) is 2.18. The van der Waals surface area contributed by atoms with Crippen molar-refractivity contribution < 1.29 is 9.90 Å². The van der Waals surface area contributed by atoms with Crippen LogP contribution in [0.2, 0.25) is 5.02 Å². The molecule has 1 heterocycles. The number of benzene rings is 3. The number of halogens is 1. The van der Waals surface area contributed by atoms with Crippen molar-refractivity contribution in [1.82, 2.24) is 10.2 Å².